The number of nitrogens with one attached hydrogen (secondary N) is 1. The normalized spacial score (nSPS) is 15.6. The second kappa shape index (κ2) is 8.09. The Kier molecular flexibility index (Phi) is 5.20. The van der Waals surface area contributed by atoms with Gasteiger partial charge in [-0.15, -0.1) is 10.2 Å². The van der Waals surface area contributed by atoms with Gasteiger partial charge in [0.2, 0.25) is 0 Å². The Hall–Kier alpha value is -3.06. The molecule has 0 aliphatic carbocycles. The van der Waals surface area contributed by atoms with Crippen molar-refractivity contribution in [3.8, 4) is 5.69 Å². The topological polar surface area (TPSA) is 75.9 Å². The second-order valence-electron chi connectivity index (χ2n) is 6.76. The van der Waals surface area contributed by atoms with Crippen LogP contribution < -0.4 is 5.32 Å². The maximum Gasteiger partial charge on any atom is 0.251 e. The predicted octanol–water partition coefficient (Wildman–Crippen LogP) is 2.06. The average molecular weight is 362 g/mol. The Morgan fingerprint density at radius 3 is 2.44 bits per heavy atom. The van der Waals surface area contributed by atoms with E-state index in [2.05, 4.69) is 31.5 Å². The van der Waals surface area contributed by atoms with Crippen molar-refractivity contribution >= 4 is 5.91 Å². The summed E-state index contributed by atoms with van der Waals surface area (Å²) in [5.41, 5.74) is 2.69. The third kappa shape index (κ3) is 4.38. The summed E-state index contributed by atoms with van der Waals surface area (Å²) in [5, 5.41) is 10.7. The molecule has 3 aromatic rings. The molecule has 4 rings (SSSR count). The van der Waals surface area contributed by atoms with Gasteiger partial charge in [0.15, 0.2) is 0 Å². The molecule has 3 heterocycles. The van der Waals surface area contributed by atoms with E-state index < -0.39 is 0 Å². The number of carbonyl (C=O) groups is 1. The molecule has 1 aliphatic rings. The molecule has 1 aliphatic heterocycles. The van der Waals surface area contributed by atoms with Gasteiger partial charge >= 0.3 is 0 Å². The third-order valence-electron chi connectivity index (χ3n) is 4.88. The van der Waals surface area contributed by atoms with Crippen LogP contribution in [0.5, 0.6) is 0 Å². The van der Waals surface area contributed by atoms with Crippen LogP contribution in [-0.4, -0.2) is 49.7 Å². The molecular weight excluding hydrogens is 340 g/mol. The largest absolute Gasteiger partial charge is 0.349 e. The Balaban J connectivity index is 1.28. The summed E-state index contributed by atoms with van der Waals surface area (Å²) in [7, 11) is 0. The fraction of sp³-hybridized carbons (Fsp3) is 0.300. The number of pyridine rings is 1. The number of nitrogens with zero attached hydrogens (tertiary/aromatic N) is 5. The van der Waals surface area contributed by atoms with E-state index in [-0.39, 0.29) is 11.9 Å². The van der Waals surface area contributed by atoms with Crippen LogP contribution in [0.4, 0.5) is 0 Å². The number of carbonyl (C=O) groups excluding carboxylic acids is 1. The van der Waals surface area contributed by atoms with Gasteiger partial charge in [0.1, 0.15) is 12.7 Å². The lowest BCUT2D eigenvalue weighted by molar-refractivity contribution is 0.0908. The first-order valence-electron chi connectivity index (χ1n) is 9.16. The van der Waals surface area contributed by atoms with Crippen molar-refractivity contribution in [2.45, 2.75) is 25.4 Å². The first kappa shape index (κ1) is 17.4. The molecule has 1 saturated heterocycles. The summed E-state index contributed by atoms with van der Waals surface area (Å²) in [6.45, 7) is 2.80. The summed E-state index contributed by atoms with van der Waals surface area (Å²) >= 11 is 0. The van der Waals surface area contributed by atoms with E-state index in [1.54, 1.807) is 17.2 Å². The number of hydrogen-bond acceptors (Lipinski definition) is 5. The molecule has 0 saturated carbocycles. The molecule has 1 aromatic carbocycles. The van der Waals surface area contributed by atoms with Crippen molar-refractivity contribution in [1.29, 1.82) is 0 Å². The van der Waals surface area contributed by atoms with Crippen molar-refractivity contribution in [3.63, 3.8) is 0 Å². The Morgan fingerprint density at radius 2 is 1.78 bits per heavy atom. The first-order chi connectivity index (χ1) is 13.3. The summed E-state index contributed by atoms with van der Waals surface area (Å²) < 4.78 is 1.80. The molecule has 0 unspecified atom stereocenters. The number of piperidine rings is 1. The highest BCUT2D eigenvalue weighted by Gasteiger charge is 2.21. The zero-order valence-corrected chi connectivity index (χ0v) is 15.0. The van der Waals surface area contributed by atoms with E-state index in [0.717, 1.165) is 43.9 Å². The van der Waals surface area contributed by atoms with E-state index in [1.807, 2.05) is 42.6 Å². The van der Waals surface area contributed by atoms with Crippen LogP contribution in [0.1, 0.15) is 28.9 Å². The average Bonchev–Trinajstić information content (AvgIpc) is 3.25. The van der Waals surface area contributed by atoms with Crippen LogP contribution >= 0.6 is 0 Å². The van der Waals surface area contributed by atoms with E-state index in [4.69, 9.17) is 0 Å². The monoisotopic (exact) mass is 362 g/mol. The number of hydrogen-bond donors (Lipinski definition) is 1. The van der Waals surface area contributed by atoms with Gasteiger partial charge in [-0.1, -0.05) is 6.07 Å². The molecule has 1 N–H and O–H groups in total. The molecule has 0 atom stereocenters. The number of likely N-dealkylation sites (tertiary alicyclic amines) is 1. The van der Waals surface area contributed by atoms with Crippen LogP contribution in [0.2, 0.25) is 0 Å². The highest BCUT2D eigenvalue weighted by Crippen LogP contribution is 2.14. The number of benzene rings is 1. The minimum Gasteiger partial charge on any atom is -0.349 e. The standard InChI is InChI=1S/C20H22N6O/c27-20(16-4-6-19(7-5-16)26-14-22-23-15-26)24-17-8-11-25(12-9-17)13-18-3-1-2-10-21-18/h1-7,10,14-15,17H,8-9,11-13H2,(H,24,27). The summed E-state index contributed by atoms with van der Waals surface area (Å²) in [5.74, 6) is -0.0199. The molecule has 0 bridgehead atoms. The quantitative estimate of drug-likeness (QED) is 0.752. The Labute approximate surface area is 158 Å². The van der Waals surface area contributed by atoms with Gasteiger partial charge < -0.3 is 5.32 Å². The Morgan fingerprint density at radius 1 is 1.04 bits per heavy atom. The minimum absolute atomic E-state index is 0.0199. The number of amides is 1. The second-order valence-corrected chi connectivity index (χ2v) is 6.76. The highest BCUT2D eigenvalue weighted by atomic mass is 16.1. The van der Waals surface area contributed by atoms with Gasteiger partial charge in [0.05, 0.1) is 5.69 Å². The van der Waals surface area contributed by atoms with Gasteiger partial charge in [-0.3, -0.25) is 19.2 Å². The molecule has 0 spiro atoms. The van der Waals surface area contributed by atoms with E-state index in [0.29, 0.717) is 5.56 Å². The molecule has 138 valence electrons. The van der Waals surface area contributed by atoms with Crippen LogP contribution in [-0.2, 0) is 6.54 Å². The maximum atomic E-state index is 12.5. The summed E-state index contributed by atoms with van der Waals surface area (Å²) in [4.78, 5) is 19.3. The van der Waals surface area contributed by atoms with Gasteiger partial charge in [-0.05, 0) is 49.2 Å². The van der Waals surface area contributed by atoms with Gasteiger partial charge in [-0.25, -0.2) is 0 Å². The fourth-order valence-electron chi connectivity index (χ4n) is 3.34. The zero-order chi connectivity index (χ0) is 18.5. The molecule has 7 heteroatoms. The first-order valence-corrected chi connectivity index (χ1v) is 9.16. The fourth-order valence-corrected chi connectivity index (χ4v) is 3.34. The van der Waals surface area contributed by atoms with Crippen molar-refractivity contribution < 1.29 is 4.79 Å². The summed E-state index contributed by atoms with van der Waals surface area (Å²) in [6.07, 6.45) is 7.01. The van der Waals surface area contributed by atoms with E-state index in [1.165, 1.54) is 0 Å². The van der Waals surface area contributed by atoms with Crippen molar-refractivity contribution in [2.75, 3.05) is 13.1 Å². The van der Waals surface area contributed by atoms with Crippen LogP contribution in [0, 0.1) is 0 Å². The zero-order valence-electron chi connectivity index (χ0n) is 15.0. The van der Waals surface area contributed by atoms with Crippen LogP contribution in [0.15, 0.2) is 61.3 Å². The summed E-state index contributed by atoms with van der Waals surface area (Å²) in [6, 6.07) is 13.7. The lowest BCUT2D eigenvalue weighted by atomic mass is 10.0. The van der Waals surface area contributed by atoms with Crippen LogP contribution in [0.25, 0.3) is 5.69 Å². The molecule has 2 aromatic heterocycles. The number of aromatic nitrogens is 4. The smallest absolute Gasteiger partial charge is 0.251 e. The minimum atomic E-state index is -0.0199. The lowest BCUT2D eigenvalue weighted by Gasteiger charge is -2.32. The van der Waals surface area contributed by atoms with E-state index in [9.17, 15) is 4.79 Å². The highest BCUT2D eigenvalue weighted by molar-refractivity contribution is 5.94. The van der Waals surface area contributed by atoms with Crippen molar-refractivity contribution in [2.24, 2.45) is 0 Å². The molecular formula is C20H22N6O. The molecule has 1 amide bonds. The molecule has 7 nitrogen and oxygen atoms in total. The van der Waals surface area contributed by atoms with Crippen LogP contribution in [0.3, 0.4) is 0 Å². The van der Waals surface area contributed by atoms with Gasteiger partial charge in [0, 0.05) is 43.1 Å². The van der Waals surface area contributed by atoms with Crippen molar-refractivity contribution in [3.05, 3.63) is 72.6 Å². The Bertz CT molecular complexity index is 855. The van der Waals surface area contributed by atoms with Gasteiger partial charge in [-0.2, -0.15) is 0 Å². The molecule has 1 fully saturated rings. The maximum absolute atomic E-state index is 12.5. The predicted molar refractivity (Wildman–Crippen MR) is 101 cm³/mol. The van der Waals surface area contributed by atoms with Crippen molar-refractivity contribution in [1.82, 2.24) is 30.0 Å². The molecule has 0 radical (unpaired) electrons. The van der Waals surface area contributed by atoms with Gasteiger partial charge in [0.25, 0.3) is 5.91 Å². The lowest BCUT2D eigenvalue weighted by Crippen LogP contribution is -2.44. The number of rotatable bonds is 5. The van der Waals surface area contributed by atoms with E-state index >= 15 is 0 Å². The molecule has 27 heavy (non-hydrogen) atoms. The third-order valence-corrected chi connectivity index (χ3v) is 4.88. The SMILES string of the molecule is O=C(NC1CCN(Cc2ccccn2)CC1)c1ccc(-n2cnnc2)cc1.